The van der Waals surface area contributed by atoms with Crippen molar-refractivity contribution in [2.45, 2.75) is 44.2 Å². The first-order chi connectivity index (χ1) is 9.20. The Balaban J connectivity index is 1.61. The second kappa shape index (κ2) is 5.29. The molecule has 3 rings (SSSR count). The Hall–Kier alpha value is -1.42. The Kier molecular flexibility index (Phi) is 3.51. The molecule has 0 saturated heterocycles. The summed E-state index contributed by atoms with van der Waals surface area (Å²) in [5.41, 5.74) is 0.485. The van der Waals surface area contributed by atoms with Crippen LogP contribution in [0.1, 0.15) is 42.6 Å². The summed E-state index contributed by atoms with van der Waals surface area (Å²) >= 11 is 0. The molecule has 2 fully saturated rings. The first-order valence-corrected chi connectivity index (χ1v) is 7.10. The number of hydrogen-bond acceptors (Lipinski definition) is 3. The summed E-state index contributed by atoms with van der Waals surface area (Å²) in [5.74, 6) is 1.05. The number of carbonyl (C=O) groups is 1. The molecule has 2 saturated carbocycles. The maximum Gasteiger partial charge on any atom is 0.270 e. The Morgan fingerprint density at radius 3 is 2.53 bits per heavy atom. The Morgan fingerprint density at radius 1 is 1.16 bits per heavy atom. The van der Waals surface area contributed by atoms with Gasteiger partial charge in [0.25, 0.3) is 5.91 Å². The minimum atomic E-state index is -0.129. The number of aromatic nitrogens is 1. The number of aliphatic hydroxyl groups is 1. The van der Waals surface area contributed by atoms with Gasteiger partial charge in [-0.05, 0) is 56.1 Å². The third-order valence-corrected chi connectivity index (χ3v) is 4.35. The number of hydrogen-bond donors (Lipinski definition) is 2. The van der Waals surface area contributed by atoms with E-state index in [1.54, 1.807) is 12.3 Å². The molecular formula is C15H20N2O2. The molecule has 2 aliphatic rings. The zero-order valence-electron chi connectivity index (χ0n) is 11.0. The van der Waals surface area contributed by atoms with E-state index in [-0.39, 0.29) is 18.1 Å². The van der Waals surface area contributed by atoms with E-state index < -0.39 is 0 Å². The van der Waals surface area contributed by atoms with Crippen LogP contribution < -0.4 is 5.32 Å². The number of nitrogens with zero attached hydrogens (tertiary/aromatic N) is 1. The molecule has 1 amide bonds. The highest BCUT2D eigenvalue weighted by atomic mass is 16.3. The van der Waals surface area contributed by atoms with E-state index in [1.165, 1.54) is 6.42 Å². The van der Waals surface area contributed by atoms with Gasteiger partial charge in [0.05, 0.1) is 6.10 Å². The van der Waals surface area contributed by atoms with E-state index in [4.69, 9.17) is 0 Å². The predicted molar refractivity (Wildman–Crippen MR) is 71.6 cm³/mol. The molecule has 1 aromatic rings. The smallest absolute Gasteiger partial charge is 0.270 e. The van der Waals surface area contributed by atoms with Gasteiger partial charge in [-0.2, -0.15) is 0 Å². The monoisotopic (exact) mass is 260 g/mol. The molecule has 2 atom stereocenters. The van der Waals surface area contributed by atoms with E-state index in [0.717, 1.165) is 25.7 Å². The Labute approximate surface area is 113 Å². The van der Waals surface area contributed by atoms with Crippen LogP contribution in [0.25, 0.3) is 0 Å². The van der Waals surface area contributed by atoms with Crippen molar-refractivity contribution in [3.05, 3.63) is 30.1 Å². The number of fused-ring (bicyclic) bond motifs is 2. The molecule has 4 heteroatoms. The number of rotatable bonds is 2. The molecule has 2 bridgehead atoms. The van der Waals surface area contributed by atoms with Crippen molar-refractivity contribution in [3.63, 3.8) is 0 Å². The van der Waals surface area contributed by atoms with Crippen molar-refractivity contribution < 1.29 is 9.90 Å². The lowest BCUT2D eigenvalue weighted by Crippen LogP contribution is -2.44. The second-order valence-corrected chi connectivity index (χ2v) is 5.95. The number of amides is 1. The molecule has 19 heavy (non-hydrogen) atoms. The summed E-state index contributed by atoms with van der Waals surface area (Å²) < 4.78 is 0. The molecule has 0 aromatic carbocycles. The summed E-state index contributed by atoms with van der Waals surface area (Å²) in [5, 5.41) is 12.9. The van der Waals surface area contributed by atoms with Gasteiger partial charge in [-0.3, -0.25) is 9.78 Å². The van der Waals surface area contributed by atoms with E-state index in [9.17, 15) is 9.90 Å². The van der Waals surface area contributed by atoms with Crippen molar-refractivity contribution in [2.75, 3.05) is 0 Å². The molecule has 2 aliphatic carbocycles. The van der Waals surface area contributed by atoms with Crippen molar-refractivity contribution in [2.24, 2.45) is 11.8 Å². The Bertz CT molecular complexity index is 431. The lowest BCUT2D eigenvalue weighted by atomic mass is 9.69. The van der Waals surface area contributed by atoms with Gasteiger partial charge >= 0.3 is 0 Å². The van der Waals surface area contributed by atoms with E-state index in [2.05, 4.69) is 10.3 Å². The summed E-state index contributed by atoms with van der Waals surface area (Å²) in [4.78, 5) is 16.2. The van der Waals surface area contributed by atoms with Gasteiger partial charge in [0, 0.05) is 12.2 Å². The zero-order chi connectivity index (χ0) is 13.2. The Morgan fingerprint density at radius 2 is 1.89 bits per heavy atom. The minimum absolute atomic E-state index is 0.0777. The van der Waals surface area contributed by atoms with Gasteiger partial charge in [-0.15, -0.1) is 0 Å². The van der Waals surface area contributed by atoms with Crippen molar-refractivity contribution in [1.29, 1.82) is 0 Å². The fourth-order valence-electron chi connectivity index (χ4n) is 3.69. The van der Waals surface area contributed by atoms with Crippen LogP contribution in [0.3, 0.4) is 0 Å². The van der Waals surface area contributed by atoms with Gasteiger partial charge < -0.3 is 10.4 Å². The maximum absolute atomic E-state index is 12.1. The predicted octanol–water partition coefficient (Wildman–Crippen LogP) is 1.75. The van der Waals surface area contributed by atoms with Gasteiger partial charge in [0.2, 0.25) is 0 Å². The highest BCUT2D eigenvalue weighted by molar-refractivity contribution is 5.92. The quantitative estimate of drug-likeness (QED) is 0.851. The molecule has 102 valence electrons. The van der Waals surface area contributed by atoms with Gasteiger partial charge in [0.15, 0.2) is 0 Å². The van der Waals surface area contributed by atoms with Gasteiger partial charge in [-0.1, -0.05) is 6.07 Å². The molecule has 0 radical (unpaired) electrons. The lowest BCUT2D eigenvalue weighted by Gasteiger charge is -2.41. The fraction of sp³-hybridized carbons (Fsp3) is 0.600. The largest absolute Gasteiger partial charge is 0.393 e. The highest BCUT2D eigenvalue weighted by Gasteiger charge is 2.35. The molecule has 1 heterocycles. The van der Waals surface area contributed by atoms with Crippen LogP contribution in [-0.4, -0.2) is 28.1 Å². The van der Waals surface area contributed by atoms with Crippen LogP contribution in [0.2, 0.25) is 0 Å². The van der Waals surface area contributed by atoms with Crippen LogP contribution in [0.15, 0.2) is 24.4 Å². The summed E-state index contributed by atoms with van der Waals surface area (Å²) in [7, 11) is 0. The van der Waals surface area contributed by atoms with Crippen LogP contribution in [0, 0.1) is 11.8 Å². The summed E-state index contributed by atoms with van der Waals surface area (Å²) in [6, 6.07) is 5.62. The minimum Gasteiger partial charge on any atom is -0.393 e. The number of pyridine rings is 1. The average molecular weight is 260 g/mol. The molecule has 1 aromatic heterocycles. The number of carbonyl (C=O) groups excluding carboxylic acids is 1. The number of nitrogens with one attached hydrogen (secondary N) is 1. The first kappa shape index (κ1) is 12.6. The van der Waals surface area contributed by atoms with Crippen LogP contribution in [-0.2, 0) is 0 Å². The van der Waals surface area contributed by atoms with Crippen LogP contribution in [0.4, 0.5) is 0 Å². The first-order valence-electron chi connectivity index (χ1n) is 7.10. The zero-order valence-corrected chi connectivity index (χ0v) is 11.0. The standard InChI is InChI=1S/C15H20N2O2/c18-13-8-10-5-11(9-13)7-12(6-10)17-15(19)14-3-1-2-4-16-14/h1-4,10-13,18H,5-9H2,(H,17,19). The topological polar surface area (TPSA) is 62.2 Å². The van der Waals surface area contributed by atoms with E-state index in [1.807, 2.05) is 12.1 Å². The SMILES string of the molecule is O=C(NC1CC2CC(O)CC(C2)C1)c1ccccn1. The summed E-state index contributed by atoms with van der Waals surface area (Å²) in [6.45, 7) is 0. The highest BCUT2D eigenvalue weighted by Crippen LogP contribution is 2.39. The van der Waals surface area contributed by atoms with Crippen molar-refractivity contribution in [1.82, 2.24) is 10.3 Å². The van der Waals surface area contributed by atoms with Gasteiger partial charge in [0.1, 0.15) is 5.69 Å². The summed E-state index contributed by atoms with van der Waals surface area (Å²) in [6.07, 6.45) is 6.50. The average Bonchev–Trinajstić information content (AvgIpc) is 2.38. The van der Waals surface area contributed by atoms with Crippen LogP contribution >= 0.6 is 0 Å². The maximum atomic E-state index is 12.1. The molecule has 2 unspecified atom stereocenters. The van der Waals surface area contributed by atoms with E-state index in [0.29, 0.717) is 17.5 Å². The van der Waals surface area contributed by atoms with Crippen molar-refractivity contribution in [3.8, 4) is 0 Å². The fourth-order valence-corrected chi connectivity index (χ4v) is 3.69. The molecule has 4 nitrogen and oxygen atoms in total. The van der Waals surface area contributed by atoms with Gasteiger partial charge in [-0.25, -0.2) is 0 Å². The van der Waals surface area contributed by atoms with E-state index >= 15 is 0 Å². The molecular weight excluding hydrogens is 240 g/mol. The molecule has 0 aliphatic heterocycles. The van der Waals surface area contributed by atoms with Crippen molar-refractivity contribution >= 4 is 5.91 Å². The normalized spacial score (nSPS) is 33.7. The van der Waals surface area contributed by atoms with Crippen LogP contribution in [0.5, 0.6) is 0 Å². The second-order valence-electron chi connectivity index (χ2n) is 5.95. The molecule has 0 spiro atoms. The third-order valence-electron chi connectivity index (χ3n) is 4.35. The number of aliphatic hydroxyl groups excluding tert-OH is 1. The lowest BCUT2D eigenvalue weighted by molar-refractivity contribution is 0.0343. The molecule has 2 N–H and O–H groups in total. The third kappa shape index (κ3) is 2.95.